The van der Waals surface area contributed by atoms with E-state index in [1.165, 1.54) is 7.11 Å². The molecule has 4 nitrogen and oxygen atoms in total. The van der Waals surface area contributed by atoms with Crippen LogP contribution in [0.15, 0.2) is 47.6 Å². The number of rotatable bonds is 7. The molecule has 0 unspecified atom stereocenters. The topological polar surface area (TPSA) is 59.4 Å². The Bertz CT molecular complexity index is 711. The average Bonchev–Trinajstić information content (AvgIpc) is 3.40. The second kappa shape index (κ2) is 7.36. The van der Waals surface area contributed by atoms with Crippen molar-refractivity contribution in [2.24, 2.45) is 5.41 Å². The number of aliphatic hydroxyl groups excluding tert-OH is 1. The lowest BCUT2D eigenvalue weighted by atomic mass is 10.1. The number of pyridine rings is 1. The van der Waals surface area contributed by atoms with E-state index in [1.807, 2.05) is 36.5 Å². The molecule has 3 rings (SSSR count). The van der Waals surface area contributed by atoms with Crippen LogP contribution >= 0.6 is 11.8 Å². The van der Waals surface area contributed by atoms with Crippen molar-refractivity contribution in [2.45, 2.75) is 30.8 Å². The lowest BCUT2D eigenvalue weighted by Gasteiger charge is -2.15. The van der Waals surface area contributed by atoms with Gasteiger partial charge in [0.15, 0.2) is 0 Å². The molecule has 0 spiro atoms. The van der Waals surface area contributed by atoms with Crippen LogP contribution < -0.4 is 0 Å². The van der Waals surface area contributed by atoms with Crippen molar-refractivity contribution in [1.82, 2.24) is 4.98 Å². The number of esters is 1. The van der Waals surface area contributed by atoms with Crippen LogP contribution in [0.4, 0.5) is 0 Å². The summed E-state index contributed by atoms with van der Waals surface area (Å²) in [6.07, 6.45) is 6.34. The zero-order chi connectivity index (χ0) is 17.0. The Morgan fingerprint density at radius 3 is 2.67 bits per heavy atom. The van der Waals surface area contributed by atoms with E-state index in [9.17, 15) is 9.90 Å². The van der Waals surface area contributed by atoms with Crippen LogP contribution in [-0.4, -0.2) is 28.9 Å². The summed E-state index contributed by atoms with van der Waals surface area (Å²) in [7, 11) is 1.45. The van der Waals surface area contributed by atoms with Crippen LogP contribution in [0.3, 0.4) is 0 Å². The summed E-state index contributed by atoms with van der Waals surface area (Å²) in [5, 5.41) is 9.17. The Kier molecular flexibility index (Phi) is 5.21. The Hall–Kier alpha value is -1.85. The van der Waals surface area contributed by atoms with E-state index in [4.69, 9.17) is 4.74 Å². The summed E-state index contributed by atoms with van der Waals surface area (Å²) in [4.78, 5) is 17.0. The van der Waals surface area contributed by atoms with Crippen molar-refractivity contribution in [3.63, 3.8) is 0 Å². The number of thioether (sulfide) groups is 1. The quantitative estimate of drug-likeness (QED) is 0.614. The molecule has 1 aromatic carbocycles. The van der Waals surface area contributed by atoms with Crippen molar-refractivity contribution in [1.29, 1.82) is 0 Å². The highest BCUT2D eigenvalue weighted by molar-refractivity contribution is 7.99. The molecule has 1 aliphatic carbocycles. The first-order chi connectivity index (χ1) is 11.7. The highest BCUT2D eigenvalue weighted by atomic mass is 32.2. The molecule has 0 aliphatic heterocycles. The summed E-state index contributed by atoms with van der Waals surface area (Å²) in [5.74, 6) is 0.788. The first kappa shape index (κ1) is 17.0. The number of methoxy groups -OCH3 is 1. The third-order valence-corrected chi connectivity index (χ3v) is 5.89. The minimum absolute atomic E-state index is 0.0466. The number of nitrogens with zero attached hydrogens (tertiary/aromatic N) is 1. The SMILES string of the molecule is COC(=O)CC1(CSc2ccncc2-c2ccc(CO)cc2)CC1. The van der Waals surface area contributed by atoms with Crippen molar-refractivity contribution < 1.29 is 14.6 Å². The molecule has 0 radical (unpaired) electrons. The van der Waals surface area contributed by atoms with Crippen molar-refractivity contribution >= 4 is 17.7 Å². The van der Waals surface area contributed by atoms with Gasteiger partial charge in [-0.3, -0.25) is 9.78 Å². The van der Waals surface area contributed by atoms with Gasteiger partial charge in [-0.1, -0.05) is 24.3 Å². The van der Waals surface area contributed by atoms with Gasteiger partial charge in [-0.15, -0.1) is 11.8 Å². The van der Waals surface area contributed by atoms with Crippen LogP contribution in [0, 0.1) is 5.41 Å². The maximum absolute atomic E-state index is 11.6. The van der Waals surface area contributed by atoms with E-state index in [0.717, 1.165) is 40.2 Å². The van der Waals surface area contributed by atoms with E-state index in [2.05, 4.69) is 4.98 Å². The van der Waals surface area contributed by atoms with Crippen molar-refractivity contribution in [3.8, 4) is 11.1 Å². The normalized spacial score (nSPS) is 15.1. The Morgan fingerprint density at radius 2 is 2.04 bits per heavy atom. The second-order valence-electron chi connectivity index (χ2n) is 6.27. The van der Waals surface area contributed by atoms with E-state index in [-0.39, 0.29) is 18.0 Å². The number of carbonyl (C=O) groups excluding carboxylic acids is 1. The molecule has 2 aromatic rings. The molecule has 0 atom stereocenters. The van der Waals surface area contributed by atoms with Crippen LogP contribution in [0.25, 0.3) is 11.1 Å². The van der Waals surface area contributed by atoms with Crippen molar-refractivity contribution in [2.75, 3.05) is 12.9 Å². The molecule has 1 aromatic heterocycles. The van der Waals surface area contributed by atoms with Gasteiger partial charge in [-0.05, 0) is 35.4 Å². The first-order valence-electron chi connectivity index (χ1n) is 8.00. The smallest absolute Gasteiger partial charge is 0.306 e. The van der Waals surface area contributed by atoms with Gasteiger partial charge in [-0.25, -0.2) is 0 Å². The lowest BCUT2D eigenvalue weighted by molar-refractivity contribution is -0.141. The third kappa shape index (κ3) is 3.97. The number of aliphatic hydroxyl groups is 1. The predicted octanol–water partition coefficient (Wildman–Crippen LogP) is 3.68. The van der Waals surface area contributed by atoms with E-state index >= 15 is 0 Å². The highest BCUT2D eigenvalue weighted by Crippen LogP contribution is 2.52. The molecule has 1 aliphatic rings. The van der Waals surface area contributed by atoms with Gasteiger partial charge < -0.3 is 9.84 Å². The molecule has 1 N–H and O–H groups in total. The van der Waals surface area contributed by atoms with Gasteiger partial charge in [-0.2, -0.15) is 0 Å². The second-order valence-corrected chi connectivity index (χ2v) is 7.29. The van der Waals surface area contributed by atoms with Gasteiger partial charge in [0.25, 0.3) is 0 Å². The third-order valence-electron chi connectivity index (χ3n) is 4.47. The molecule has 0 saturated heterocycles. The monoisotopic (exact) mass is 343 g/mol. The molecular formula is C19H21NO3S. The van der Waals surface area contributed by atoms with Crippen LogP contribution in [-0.2, 0) is 16.1 Å². The van der Waals surface area contributed by atoms with Gasteiger partial charge in [0, 0.05) is 28.6 Å². The molecule has 0 amide bonds. The minimum Gasteiger partial charge on any atom is -0.469 e. The molecule has 1 saturated carbocycles. The fourth-order valence-electron chi connectivity index (χ4n) is 2.67. The van der Waals surface area contributed by atoms with Gasteiger partial charge in [0.2, 0.25) is 0 Å². The van der Waals surface area contributed by atoms with Crippen LogP contribution in [0.2, 0.25) is 0 Å². The Balaban J connectivity index is 1.73. The zero-order valence-electron chi connectivity index (χ0n) is 13.7. The maximum Gasteiger partial charge on any atom is 0.306 e. The molecule has 1 fully saturated rings. The molecular weight excluding hydrogens is 322 g/mol. The van der Waals surface area contributed by atoms with Crippen LogP contribution in [0.5, 0.6) is 0 Å². The highest BCUT2D eigenvalue weighted by Gasteiger charge is 2.44. The summed E-state index contributed by atoms with van der Waals surface area (Å²) >= 11 is 1.78. The standard InChI is InChI=1S/C19H21NO3S/c1-23-18(22)10-19(7-8-19)13-24-17-6-9-20-11-16(17)15-4-2-14(12-21)3-5-15/h2-6,9,11,21H,7-8,10,12-13H2,1H3. The summed E-state index contributed by atoms with van der Waals surface area (Å²) in [6, 6.07) is 9.89. The Morgan fingerprint density at radius 1 is 1.29 bits per heavy atom. The van der Waals surface area contributed by atoms with E-state index < -0.39 is 0 Å². The number of hydrogen-bond donors (Lipinski definition) is 1. The predicted molar refractivity (Wildman–Crippen MR) is 94.6 cm³/mol. The number of carbonyl (C=O) groups is 1. The fourth-order valence-corrected chi connectivity index (χ4v) is 4.01. The summed E-state index contributed by atoms with van der Waals surface area (Å²) in [5.41, 5.74) is 3.16. The number of aromatic nitrogens is 1. The van der Waals surface area contributed by atoms with E-state index in [0.29, 0.717) is 6.42 Å². The lowest BCUT2D eigenvalue weighted by Crippen LogP contribution is -2.13. The first-order valence-corrected chi connectivity index (χ1v) is 8.98. The van der Waals surface area contributed by atoms with Gasteiger partial charge in [0.05, 0.1) is 20.1 Å². The average molecular weight is 343 g/mol. The molecule has 1 heterocycles. The van der Waals surface area contributed by atoms with Gasteiger partial charge in [0.1, 0.15) is 0 Å². The van der Waals surface area contributed by atoms with Crippen molar-refractivity contribution in [3.05, 3.63) is 48.3 Å². The zero-order valence-corrected chi connectivity index (χ0v) is 14.5. The van der Waals surface area contributed by atoms with E-state index in [1.54, 1.807) is 18.0 Å². The Labute approximate surface area is 146 Å². The molecule has 126 valence electrons. The summed E-state index contributed by atoms with van der Waals surface area (Å²) in [6.45, 7) is 0.0466. The number of ether oxygens (including phenoxy) is 1. The van der Waals surface area contributed by atoms with Crippen LogP contribution in [0.1, 0.15) is 24.8 Å². The number of hydrogen-bond acceptors (Lipinski definition) is 5. The maximum atomic E-state index is 11.6. The minimum atomic E-state index is -0.123. The molecule has 5 heteroatoms. The van der Waals surface area contributed by atoms with Gasteiger partial charge >= 0.3 is 5.97 Å². The fraction of sp³-hybridized carbons (Fsp3) is 0.368. The largest absolute Gasteiger partial charge is 0.469 e. The number of benzene rings is 1. The molecule has 24 heavy (non-hydrogen) atoms. The summed E-state index contributed by atoms with van der Waals surface area (Å²) < 4.78 is 4.81. The molecule has 0 bridgehead atoms.